The van der Waals surface area contributed by atoms with Crippen LogP contribution in [0.4, 0.5) is 8.78 Å². The maximum absolute atomic E-state index is 13.5. The molecule has 1 aliphatic heterocycles. The van der Waals surface area contributed by atoms with Gasteiger partial charge in [0.1, 0.15) is 36.4 Å². The molecule has 10 heteroatoms. The number of nitrogens with zero attached hydrogens (tertiary/aromatic N) is 3. The number of hydrogen-bond donors (Lipinski definition) is 4. The Labute approximate surface area is 157 Å². The number of benzene rings is 1. The Kier molecular flexibility index (Phi) is 4.81. The molecule has 1 aliphatic rings. The maximum atomic E-state index is 13.5. The SMILES string of the molecule is OCc1ncnc2c1ccn2[C@@H]1O[C@H]([C@H](O)c2ccc(F)c(F)c2)[C@@H](O)[C@H]1O. The van der Waals surface area contributed by atoms with E-state index in [1.165, 1.54) is 17.0 Å². The zero-order chi connectivity index (χ0) is 20.0. The highest BCUT2D eigenvalue weighted by Crippen LogP contribution is 2.37. The van der Waals surface area contributed by atoms with Crippen molar-refractivity contribution in [1.29, 1.82) is 0 Å². The molecule has 8 nitrogen and oxygen atoms in total. The normalized spacial score (nSPS) is 26.1. The molecule has 3 heterocycles. The molecule has 5 atom stereocenters. The standard InChI is InChI=1S/C18H17F2N3O5/c19-10-2-1-8(5-11(10)20)13(25)16-14(26)15(27)18(28-16)23-4-3-9-12(6-24)21-7-22-17(9)23/h1-5,7,13-16,18,24-27H,6H2/t13-,14+,15-,16-,18-/m1/s1. The number of hydrogen-bond acceptors (Lipinski definition) is 7. The molecule has 0 aliphatic carbocycles. The third-order valence-electron chi connectivity index (χ3n) is 4.89. The quantitative estimate of drug-likeness (QED) is 0.511. The van der Waals surface area contributed by atoms with E-state index in [2.05, 4.69) is 9.97 Å². The van der Waals surface area contributed by atoms with Crippen molar-refractivity contribution in [2.24, 2.45) is 0 Å². The smallest absolute Gasteiger partial charge is 0.164 e. The second-order valence-electron chi connectivity index (χ2n) is 6.53. The molecule has 1 fully saturated rings. The maximum Gasteiger partial charge on any atom is 0.164 e. The number of aliphatic hydroxyl groups excluding tert-OH is 4. The van der Waals surface area contributed by atoms with Crippen LogP contribution in [0, 0.1) is 11.6 Å². The zero-order valence-electron chi connectivity index (χ0n) is 14.4. The third-order valence-corrected chi connectivity index (χ3v) is 4.89. The molecular formula is C18H17F2N3O5. The van der Waals surface area contributed by atoms with Gasteiger partial charge in [0, 0.05) is 11.6 Å². The number of aromatic nitrogens is 3. The van der Waals surface area contributed by atoms with Crippen molar-refractivity contribution < 1.29 is 33.9 Å². The fourth-order valence-corrected chi connectivity index (χ4v) is 3.42. The first-order chi connectivity index (χ1) is 13.4. The Morgan fingerprint density at radius 3 is 2.61 bits per heavy atom. The largest absolute Gasteiger partial charge is 0.390 e. The van der Waals surface area contributed by atoms with E-state index < -0.39 is 42.3 Å². The molecule has 0 unspecified atom stereocenters. The lowest BCUT2D eigenvalue weighted by Crippen LogP contribution is -2.34. The average Bonchev–Trinajstić information content (AvgIpc) is 3.25. The van der Waals surface area contributed by atoms with E-state index in [-0.39, 0.29) is 12.2 Å². The van der Waals surface area contributed by atoms with E-state index in [1.807, 2.05) is 0 Å². The Bertz CT molecular complexity index is 1010. The topological polar surface area (TPSA) is 121 Å². The summed E-state index contributed by atoms with van der Waals surface area (Å²) < 4.78 is 33.7. The highest BCUT2D eigenvalue weighted by atomic mass is 19.2. The van der Waals surface area contributed by atoms with Crippen LogP contribution in [0.25, 0.3) is 11.0 Å². The van der Waals surface area contributed by atoms with Crippen molar-refractivity contribution in [3.63, 3.8) is 0 Å². The van der Waals surface area contributed by atoms with Crippen molar-refractivity contribution in [1.82, 2.24) is 14.5 Å². The lowest BCUT2D eigenvalue weighted by Gasteiger charge is -2.21. The molecule has 4 N–H and O–H groups in total. The van der Waals surface area contributed by atoms with Crippen molar-refractivity contribution in [2.75, 3.05) is 0 Å². The molecule has 0 amide bonds. The fraction of sp³-hybridized carbons (Fsp3) is 0.333. The van der Waals surface area contributed by atoms with Crippen molar-refractivity contribution >= 4 is 11.0 Å². The van der Waals surface area contributed by atoms with Gasteiger partial charge in [-0.1, -0.05) is 6.07 Å². The minimum Gasteiger partial charge on any atom is -0.390 e. The van der Waals surface area contributed by atoms with Gasteiger partial charge in [0.05, 0.1) is 12.3 Å². The molecule has 148 valence electrons. The van der Waals surface area contributed by atoms with Crippen LogP contribution in [0.5, 0.6) is 0 Å². The number of halogens is 2. The molecule has 1 aromatic carbocycles. The van der Waals surface area contributed by atoms with E-state index in [0.717, 1.165) is 12.1 Å². The summed E-state index contributed by atoms with van der Waals surface area (Å²) in [5.74, 6) is -2.22. The minimum absolute atomic E-state index is 0.00180. The van der Waals surface area contributed by atoms with Crippen LogP contribution in [-0.2, 0) is 11.3 Å². The van der Waals surface area contributed by atoms with Crippen LogP contribution in [0.3, 0.4) is 0 Å². The highest BCUT2D eigenvalue weighted by Gasteiger charge is 2.47. The monoisotopic (exact) mass is 393 g/mol. The lowest BCUT2D eigenvalue weighted by molar-refractivity contribution is -0.0849. The molecule has 3 aromatic rings. The van der Waals surface area contributed by atoms with Crippen LogP contribution in [0.15, 0.2) is 36.8 Å². The fourth-order valence-electron chi connectivity index (χ4n) is 3.42. The van der Waals surface area contributed by atoms with E-state index >= 15 is 0 Å². The Morgan fingerprint density at radius 2 is 1.89 bits per heavy atom. The number of ether oxygens (including phenoxy) is 1. The first kappa shape index (κ1) is 18.8. The summed E-state index contributed by atoms with van der Waals surface area (Å²) in [7, 11) is 0. The van der Waals surface area contributed by atoms with Gasteiger partial charge in [0.15, 0.2) is 17.9 Å². The van der Waals surface area contributed by atoms with Gasteiger partial charge in [-0.3, -0.25) is 0 Å². The molecule has 0 spiro atoms. The molecule has 4 rings (SSSR count). The van der Waals surface area contributed by atoms with Gasteiger partial charge in [-0.15, -0.1) is 0 Å². The van der Waals surface area contributed by atoms with Crippen molar-refractivity contribution in [3.8, 4) is 0 Å². The van der Waals surface area contributed by atoms with Gasteiger partial charge in [0.2, 0.25) is 0 Å². The summed E-state index contributed by atoms with van der Waals surface area (Å²) in [6.07, 6.45) is -4.02. The number of fused-ring (bicyclic) bond motifs is 1. The Hall–Kier alpha value is -2.50. The Balaban J connectivity index is 1.65. The first-order valence-electron chi connectivity index (χ1n) is 8.48. The average molecular weight is 393 g/mol. The first-order valence-corrected chi connectivity index (χ1v) is 8.48. The van der Waals surface area contributed by atoms with E-state index in [4.69, 9.17) is 4.74 Å². The predicted molar refractivity (Wildman–Crippen MR) is 90.7 cm³/mol. The number of rotatable bonds is 4. The highest BCUT2D eigenvalue weighted by molar-refractivity contribution is 5.78. The van der Waals surface area contributed by atoms with Gasteiger partial charge in [-0.2, -0.15) is 0 Å². The summed E-state index contributed by atoms with van der Waals surface area (Å²) in [6, 6.07) is 4.46. The summed E-state index contributed by atoms with van der Waals surface area (Å²) in [4.78, 5) is 8.08. The van der Waals surface area contributed by atoms with E-state index in [1.54, 1.807) is 12.3 Å². The molecule has 0 bridgehead atoms. The number of aliphatic hydroxyl groups is 4. The van der Waals surface area contributed by atoms with Gasteiger partial charge in [-0.25, -0.2) is 18.7 Å². The molecule has 0 saturated carbocycles. The molecule has 28 heavy (non-hydrogen) atoms. The predicted octanol–water partition coefficient (Wildman–Crippen LogP) is 0.555. The minimum atomic E-state index is -1.51. The molecule has 1 saturated heterocycles. The van der Waals surface area contributed by atoms with Crippen LogP contribution >= 0.6 is 0 Å². The summed E-state index contributed by atoms with van der Waals surface area (Å²) in [6.45, 7) is -0.308. The van der Waals surface area contributed by atoms with Gasteiger partial charge < -0.3 is 29.7 Å². The Morgan fingerprint density at radius 1 is 1.11 bits per heavy atom. The zero-order valence-corrected chi connectivity index (χ0v) is 14.4. The summed E-state index contributed by atoms with van der Waals surface area (Å²) >= 11 is 0. The van der Waals surface area contributed by atoms with Gasteiger partial charge in [0.25, 0.3) is 0 Å². The van der Waals surface area contributed by atoms with Crippen molar-refractivity contribution in [3.05, 3.63) is 59.7 Å². The summed E-state index contributed by atoms with van der Waals surface area (Å²) in [5, 5.41) is 41.2. The second-order valence-corrected chi connectivity index (χ2v) is 6.53. The van der Waals surface area contributed by atoms with Crippen LogP contribution < -0.4 is 0 Å². The summed E-state index contributed by atoms with van der Waals surface area (Å²) in [5.41, 5.74) is 0.742. The van der Waals surface area contributed by atoms with Gasteiger partial charge >= 0.3 is 0 Å². The molecular weight excluding hydrogens is 376 g/mol. The van der Waals surface area contributed by atoms with Crippen LogP contribution in [-0.4, -0.2) is 53.3 Å². The van der Waals surface area contributed by atoms with E-state index in [0.29, 0.717) is 16.7 Å². The third kappa shape index (κ3) is 2.95. The van der Waals surface area contributed by atoms with Crippen molar-refractivity contribution in [2.45, 2.75) is 37.3 Å². The van der Waals surface area contributed by atoms with E-state index in [9.17, 15) is 29.2 Å². The van der Waals surface area contributed by atoms with Crippen LogP contribution in [0.1, 0.15) is 23.6 Å². The van der Waals surface area contributed by atoms with Crippen LogP contribution in [0.2, 0.25) is 0 Å². The molecule has 2 aromatic heterocycles. The lowest BCUT2D eigenvalue weighted by atomic mass is 9.99. The molecule has 0 radical (unpaired) electrons. The van der Waals surface area contributed by atoms with Gasteiger partial charge in [-0.05, 0) is 23.8 Å². The second kappa shape index (κ2) is 7.15.